The zero-order chi connectivity index (χ0) is 12.3. The van der Waals surface area contributed by atoms with Gasteiger partial charge in [0.1, 0.15) is 5.69 Å². The van der Waals surface area contributed by atoms with E-state index in [-0.39, 0.29) is 30.8 Å². The van der Waals surface area contributed by atoms with Gasteiger partial charge in [-0.15, -0.1) is 12.4 Å². The number of hydrogen-bond donors (Lipinski definition) is 2. The largest absolute Gasteiger partial charge is 0.356 e. The molecule has 18 heavy (non-hydrogen) atoms. The van der Waals surface area contributed by atoms with Crippen LogP contribution in [0, 0.1) is 0 Å². The fourth-order valence-corrected chi connectivity index (χ4v) is 1.60. The van der Waals surface area contributed by atoms with Gasteiger partial charge in [0, 0.05) is 18.0 Å². The van der Waals surface area contributed by atoms with Gasteiger partial charge in [-0.25, -0.2) is 0 Å². The van der Waals surface area contributed by atoms with Crippen molar-refractivity contribution < 1.29 is 9.32 Å². The number of rotatable bonds is 4. The zero-order valence-electron chi connectivity index (χ0n) is 10.1. The molecule has 0 spiro atoms. The Morgan fingerprint density at radius 1 is 1.50 bits per heavy atom. The zero-order valence-corrected chi connectivity index (χ0v) is 10.9. The summed E-state index contributed by atoms with van der Waals surface area (Å²) in [6, 6.07) is 7.45. The highest BCUT2D eigenvalue weighted by Crippen LogP contribution is 2.17. The van der Waals surface area contributed by atoms with Gasteiger partial charge in [0.05, 0.1) is 6.42 Å². The number of aromatic nitrogens is 1. The molecule has 0 unspecified atom stereocenters. The highest BCUT2D eigenvalue weighted by atomic mass is 35.5. The number of amides is 1. The number of fused-ring (bicyclic) bond motifs is 1. The summed E-state index contributed by atoms with van der Waals surface area (Å²) in [5.41, 5.74) is 6.79. The molecule has 2 rings (SSSR count). The summed E-state index contributed by atoms with van der Waals surface area (Å²) in [4.78, 5) is 11.7. The molecule has 1 aromatic heterocycles. The number of para-hydroxylation sites is 1. The van der Waals surface area contributed by atoms with Crippen molar-refractivity contribution in [2.24, 2.45) is 5.73 Å². The van der Waals surface area contributed by atoms with Crippen LogP contribution in [0.4, 0.5) is 0 Å². The molecule has 98 valence electrons. The molecule has 6 heteroatoms. The third kappa shape index (κ3) is 3.21. The van der Waals surface area contributed by atoms with Crippen LogP contribution in [0.5, 0.6) is 0 Å². The average molecular weight is 270 g/mol. The van der Waals surface area contributed by atoms with Gasteiger partial charge in [-0.2, -0.15) is 0 Å². The Bertz CT molecular complexity index is 527. The molecular formula is C12H16ClN3O2. The van der Waals surface area contributed by atoms with Crippen LogP contribution in [0.25, 0.3) is 11.0 Å². The van der Waals surface area contributed by atoms with Crippen LogP contribution in [0.1, 0.15) is 12.6 Å². The number of nitrogens with one attached hydrogen (secondary N) is 1. The molecule has 0 fully saturated rings. The quantitative estimate of drug-likeness (QED) is 0.875. The van der Waals surface area contributed by atoms with E-state index in [4.69, 9.17) is 10.3 Å². The van der Waals surface area contributed by atoms with E-state index in [9.17, 15) is 4.79 Å². The molecule has 1 heterocycles. The topological polar surface area (TPSA) is 81.1 Å². The standard InChI is InChI=1S/C12H15N3O2.ClH/c1-8(7-13)14-12(16)6-10-9-4-2-3-5-11(9)17-15-10;/h2-5,8H,6-7,13H2,1H3,(H,14,16);1H/t8-;/m0./s1. The summed E-state index contributed by atoms with van der Waals surface area (Å²) in [5.74, 6) is -0.0954. The van der Waals surface area contributed by atoms with Crippen LogP contribution in [-0.2, 0) is 11.2 Å². The van der Waals surface area contributed by atoms with E-state index in [1.807, 2.05) is 31.2 Å². The maximum Gasteiger partial charge on any atom is 0.226 e. The van der Waals surface area contributed by atoms with Crippen LogP contribution >= 0.6 is 12.4 Å². The van der Waals surface area contributed by atoms with Crippen molar-refractivity contribution in [3.05, 3.63) is 30.0 Å². The minimum absolute atomic E-state index is 0. The lowest BCUT2D eigenvalue weighted by molar-refractivity contribution is -0.121. The molecule has 1 aromatic carbocycles. The van der Waals surface area contributed by atoms with Crippen LogP contribution in [-0.4, -0.2) is 23.7 Å². The van der Waals surface area contributed by atoms with Crippen molar-refractivity contribution in [2.75, 3.05) is 6.54 Å². The summed E-state index contributed by atoms with van der Waals surface area (Å²) >= 11 is 0. The van der Waals surface area contributed by atoms with E-state index in [2.05, 4.69) is 10.5 Å². The van der Waals surface area contributed by atoms with Gasteiger partial charge < -0.3 is 15.6 Å². The summed E-state index contributed by atoms with van der Waals surface area (Å²) < 4.78 is 5.13. The molecule has 0 aliphatic heterocycles. The van der Waals surface area contributed by atoms with Gasteiger partial charge in [-0.05, 0) is 19.1 Å². The normalized spacial score (nSPS) is 11.9. The van der Waals surface area contributed by atoms with Crippen molar-refractivity contribution >= 4 is 29.3 Å². The van der Waals surface area contributed by atoms with Gasteiger partial charge in [-0.1, -0.05) is 17.3 Å². The first-order chi connectivity index (χ1) is 8.20. The lowest BCUT2D eigenvalue weighted by Crippen LogP contribution is -2.38. The minimum Gasteiger partial charge on any atom is -0.356 e. The minimum atomic E-state index is -0.0954. The van der Waals surface area contributed by atoms with Crippen molar-refractivity contribution in [3.8, 4) is 0 Å². The molecule has 0 aliphatic carbocycles. The monoisotopic (exact) mass is 269 g/mol. The first kappa shape index (κ1) is 14.5. The molecule has 0 bridgehead atoms. The molecule has 0 aliphatic rings. The average Bonchev–Trinajstić information content (AvgIpc) is 2.72. The Morgan fingerprint density at radius 2 is 2.22 bits per heavy atom. The Balaban J connectivity index is 0.00000162. The Kier molecular flexibility index (Phi) is 5.12. The van der Waals surface area contributed by atoms with Gasteiger partial charge >= 0.3 is 0 Å². The summed E-state index contributed by atoms with van der Waals surface area (Å²) in [7, 11) is 0. The lowest BCUT2D eigenvalue weighted by atomic mass is 10.1. The Hall–Kier alpha value is -1.59. The Morgan fingerprint density at radius 3 is 2.94 bits per heavy atom. The first-order valence-electron chi connectivity index (χ1n) is 5.53. The van der Waals surface area contributed by atoms with E-state index in [0.29, 0.717) is 17.8 Å². The molecule has 1 amide bonds. The van der Waals surface area contributed by atoms with Crippen LogP contribution < -0.4 is 11.1 Å². The number of nitrogens with zero attached hydrogens (tertiary/aromatic N) is 1. The van der Waals surface area contributed by atoms with E-state index in [0.717, 1.165) is 5.39 Å². The number of benzene rings is 1. The molecule has 0 saturated carbocycles. The second kappa shape index (κ2) is 6.37. The van der Waals surface area contributed by atoms with Gasteiger partial charge in [0.2, 0.25) is 5.91 Å². The number of hydrogen-bond acceptors (Lipinski definition) is 4. The second-order valence-corrected chi connectivity index (χ2v) is 4.01. The highest BCUT2D eigenvalue weighted by molar-refractivity contribution is 5.86. The van der Waals surface area contributed by atoms with Crippen LogP contribution in [0.15, 0.2) is 28.8 Å². The molecule has 3 N–H and O–H groups in total. The molecule has 0 saturated heterocycles. The smallest absolute Gasteiger partial charge is 0.226 e. The van der Waals surface area contributed by atoms with Gasteiger partial charge in [0.25, 0.3) is 0 Å². The fourth-order valence-electron chi connectivity index (χ4n) is 1.60. The van der Waals surface area contributed by atoms with Crippen molar-refractivity contribution in [1.29, 1.82) is 0 Å². The van der Waals surface area contributed by atoms with Crippen molar-refractivity contribution in [3.63, 3.8) is 0 Å². The van der Waals surface area contributed by atoms with E-state index < -0.39 is 0 Å². The highest BCUT2D eigenvalue weighted by Gasteiger charge is 2.12. The number of carbonyl (C=O) groups excluding carboxylic acids is 1. The van der Waals surface area contributed by atoms with Crippen molar-refractivity contribution in [1.82, 2.24) is 10.5 Å². The molecule has 0 radical (unpaired) electrons. The van der Waals surface area contributed by atoms with Crippen LogP contribution in [0.2, 0.25) is 0 Å². The maximum absolute atomic E-state index is 11.7. The maximum atomic E-state index is 11.7. The second-order valence-electron chi connectivity index (χ2n) is 4.01. The third-order valence-corrected chi connectivity index (χ3v) is 2.54. The fraction of sp³-hybridized carbons (Fsp3) is 0.333. The SMILES string of the molecule is C[C@@H](CN)NC(=O)Cc1noc2ccccc12.Cl. The third-order valence-electron chi connectivity index (χ3n) is 2.54. The van der Waals surface area contributed by atoms with Crippen molar-refractivity contribution in [2.45, 2.75) is 19.4 Å². The molecule has 1 atom stereocenters. The summed E-state index contributed by atoms with van der Waals surface area (Å²) in [6.07, 6.45) is 0.210. The van der Waals surface area contributed by atoms with E-state index >= 15 is 0 Å². The number of nitrogens with two attached hydrogens (primary N) is 1. The first-order valence-corrected chi connectivity index (χ1v) is 5.53. The van der Waals surface area contributed by atoms with Gasteiger partial charge in [0.15, 0.2) is 5.58 Å². The molecule has 5 nitrogen and oxygen atoms in total. The summed E-state index contributed by atoms with van der Waals surface area (Å²) in [6.45, 7) is 2.28. The molecular weight excluding hydrogens is 254 g/mol. The number of halogens is 1. The van der Waals surface area contributed by atoms with Crippen LogP contribution in [0.3, 0.4) is 0 Å². The lowest BCUT2D eigenvalue weighted by Gasteiger charge is -2.09. The molecule has 2 aromatic rings. The van der Waals surface area contributed by atoms with Gasteiger partial charge in [-0.3, -0.25) is 4.79 Å². The van der Waals surface area contributed by atoms with E-state index in [1.165, 1.54) is 0 Å². The predicted molar refractivity (Wildman–Crippen MR) is 71.6 cm³/mol. The Labute approximate surface area is 111 Å². The summed E-state index contributed by atoms with van der Waals surface area (Å²) in [5, 5.41) is 7.57. The van der Waals surface area contributed by atoms with E-state index in [1.54, 1.807) is 0 Å². The predicted octanol–water partition coefficient (Wildman–Crippen LogP) is 1.26. The number of carbonyl (C=O) groups is 1.